The molecule has 5 rings (SSSR count). The molecule has 6 nitrogen and oxygen atoms in total. The highest BCUT2D eigenvalue weighted by Gasteiger charge is 2.48. The van der Waals surface area contributed by atoms with Gasteiger partial charge in [0, 0.05) is 16.8 Å². The lowest BCUT2D eigenvalue weighted by Gasteiger charge is -2.28. The molecule has 2 aliphatic rings. The number of anilines is 1. The summed E-state index contributed by atoms with van der Waals surface area (Å²) in [5.74, 6) is -0.310. The Hall–Kier alpha value is -4.06. The second kappa shape index (κ2) is 8.95. The molecule has 1 amide bonds. The van der Waals surface area contributed by atoms with Crippen molar-refractivity contribution in [2.24, 2.45) is 0 Å². The monoisotopic (exact) mass is 469 g/mol. The number of hydrogen-bond acceptors (Lipinski definition) is 5. The number of amides is 1. The van der Waals surface area contributed by atoms with Crippen molar-refractivity contribution >= 4 is 23.1 Å². The van der Waals surface area contributed by atoms with Crippen molar-refractivity contribution in [3.8, 4) is 11.5 Å². The van der Waals surface area contributed by atoms with Gasteiger partial charge in [-0.25, -0.2) is 0 Å². The fourth-order valence-corrected chi connectivity index (χ4v) is 4.93. The quantitative estimate of drug-likeness (QED) is 0.320. The van der Waals surface area contributed by atoms with E-state index >= 15 is 0 Å². The predicted octanol–water partition coefficient (Wildman–Crippen LogP) is 5.26. The molecular formula is C29H27NO5. The molecule has 1 fully saturated rings. The molecule has 1 atom stereocenters. The summed E-state index contributed by atoms with van der Waals surface area (Å²) in [5, 5.41) is 11.5. The van der Waals surface area contributed by atoms with Gasteiger partial charge in [-0.15, -0.1) is 0 Å². The average Bonchev–Trinajstić information content (AvgIpc) is 3.14. The maximum atomic E-state index is 13.5. The fraction of sp³-hybridized carbons (Fsp3) is 0.241. The normalized spacial score (nSPS) is 18.8. The minimum Gasteiger partial charge on any atom is -0.507 e. The van der Waals surface area contributed by atoms with E-state index < -0.39 is 17.7 Å². The maximum absolute atomic E-state index is 13.5. The molecule has 1 N–H and O–H groups in total. The Morgan fingerprint density at radius 1 is 1.06 bits per heavy atom. The average molecular weight is 470 g/mol. The first-order valence-electron chi connectivity index (χ1n) is 11.7. The first-order chi connectivity index (χ1) is 16.9. The molecule has 0 saturated carbocycles. The highest BCUT2D eigenvalue weighted by Crippen LogP contribution is 2.46. The third-order valence-electron chi connectivity index (χ3n) is 6.90. The third-order valence-corrected chi connectivity index (χ3v) is 6.90. The van der Waals surface area contributed by atoms with Gasteiger partial charge in [0.05, 0.1) is 25.3 Å². The summed E-state index contributed by atoms with van der Waals surface area (Å²) in [5.41, 5.74) is 4.63. The number of aryl methyl sites for hydroxylation is 2. The van der Waals surface area contributed by atoms with Crippen LogP contribution in [0.15, 0.2) is 66.2 Å². The zero-order valence-corrected chi connectivity index (χ0v) is 20.0. The number of carbonyl (C=O) groups is 2. The van der Waals surface area contributed by atoms with Crippen LogP contribution in [0, 0.1) is 13.8 Å². The Labute approximate surface area is 204 Å². The van der Waals surface area contributed by atoms with Crippen molar-refractivity contribution in [3.05, 3.63) is 94.1 Å². The number of nitrogens with zero attached hydrogens (tertiary/aromatic N) is 1. The topological polar surface area (TPSA) is 76.1 Å². The van der Waals surface area contributed by atoms with Gasteiger partial charge in [0.2, 0.25) is 0 Å². The fourth-order valence-electron chi connectivity index (χ4n) is 4.93. The van der Waals surface area contributed by atoms with Gasteiger partial charge < -0.3 is 14.6 Å². The zero-order valence-electron chi connectivity index (χ0n) is 20.0. The van der Waals surface area contributed by atoms with Gasteiger partial charge in [0.15, 0.2) is 0 Å². The molecule has 0 bridgehead atoms. The number of aliphatic hydroxyl groups is 1. The van der Waals surface area contributed by atoms with E-state index in [9.17, 15) is 14.7 Å². The number of methoxy groups -OCH3 is 1. The van der Waals surface area contributed by atoms with Gasteiger partial charge in [0.1, 0.15) is 17.3 Å². The number of aliphatic hydroxyl groups excluding tert-OH is 1. The molecule has 0 spiro atoms. The number of carbonyl (C=O) groups excluding carboxylic acids is 2. The Kier molecular flexibility index (Phi) is 5.81. The van der Waals surface area contributed by atoms with E-state index in [0.717, 1.165) is 35.3 Å². The number of rotatable bonds is 4. The van der Waals surface area contributed by atoms with Gasteiger partial charge >= 0.3 is 0 Å². The molecule has 35 heavy (non-hydrogen) atoms. The summed E-state index contributed by atoms with van der Waals surface area (Å²) < 4.78 is 11.3. The second-order valence-electron chi connectivity index (χ2n) is 8.90. The predicted molar refractivity (Wildman–Crippen MR) is 134 cm³/mol. The largest absolute Gasteiger partial charge is 0.507 e. The number of Topliss-reactive ketones (excluding diaryl/α,β-unsaturated/α-hetero) is 1. The molecule has 0 radical (unpaired) electrons. The molecule has 1 unspecified atom stereocenters. The highest BCUT2D eigenvalue weighted by molar-refractivity contribution is 6.51. The first kappa shape index (κ1) is 22.7. The molecule has 6 heteroatoms. The van der Waals surface area contributed by atoms with E-state index in [2.05, 4.69) is 0 Å². The van der Waals surface area contributed by atoms with E-state index in [1.165, 1.54) is 4.90 Å². The zero-order chi connectivity index (χ0) is 24.7. The minimum atomic E-state index is -0.848. The lowest BCUT2D eigenvalue weighted by Crippen LogP contribution is -2.30. The molecule has 0 aliphatic carbocycles. The molecule has 0 aromatic heterocycles. The minimum absolute atomic E-state index is 0.0390. The van der Waals surface area contributed by atoms with Crippen LogP contribution in [0.2, 0.25) is 0 Å². The van der Waals surface area contributed by atoms with E-state index in [1.807, 2.05) is 62.4 Å². The molecular weight excluding hydrogens is 442 g/mol. The van der Waals surface area contributed by atoms with Crippen LogP contribution < -0.4 is 14.4 Å². The SMILES string of the molecule is COc1ccccc1C1/C(=C(\O)c2ccc3c(c2)CCCO3)C(=O)C(=O)N1c1cccc(C)c1C. The molecule has 2 aliphatic heterocycles. The first-order valence-corrected chi connectivity index (χ1v) is 11.7. The van der Waals surface area contributed by atoms with Crippen molar-refractivity contribution in [1.82, 2.24) is 0 Å². The van der Waals surface area contributed by atoms with Crippen molar-refractivity contribution < 1.29 is 24.2 Å². The van der Waals surface area contributed by atoms with Crippen LogP contribution in [-0.4, -0.2) is 30.5 Å². The number of para-hydroxylation sites is 1. The Bertz CT molecular complexity index is 1370. The summed E-state index contributed by atoms with van der Waals surface area (Å²) in [6, 6.07) is 17.4. The molecule has 2 heterocycles. The summed E-state index contributed by atoms with van der Waals surface area (Å²) in [4.78, 5) is 28.5. The van der Waals surface area contributed by atoms with Crippen LogP contribution in [0.3, 0.4) is 0 Å². The van der Waals surface area contributed by atoms with Gasteiger partial charge in [-0.2, -0.15) is 0 Å². The van der Waals surface area contributed by atoms with Gasteiger partial charge in [0.25, 0.3) is 11.7 Å². The van der Waals surface area contributed by atoms with E-state index in [1.54, 1.807) is 19.2 Å². The van der Waals surface area contributed by atoms with Crippen LogP contribution in [-0.2, 0) is 16.0 Å². The summed E-state index contributed by atoms with van der Waals surface area (Å²) in [6.45, 7) is 4.54. The van der Waals surface area contributed by atoms with Crippen molar-refractivity contribution in [2.45, 2.75) is 32.7 Å². The number of hydrogen-bond donors (Lipinski definition) is 1. The van der Waals surface area contributed by atoms with Crippen LogP contribution in [0.4, 0.5) is 5.69 Å². The lowest BCUT2D eigenvalue weighted by molar-refractivity contribution is -0.132. The highest BCUT2D eigenvalue weighted by atomic mass is 16.5. The van der Waals surface area contributed by atoms with Gasteiger partial charge in [-0.1, -0.05) is 30.3 Å². The van der Waals surface area contributed by atoms with E-state index in [0.29, 0.717) is 29.2 Å². The van der Waals surface area contributed by atoms with Crippen LogP contribution >= 0.6 is 0 Å². The molecule has 178 valence electrons. The number of ether oxygens (including phenoxy) is 2. The van der Waals surface area contributed by atoms with Crippen molar-refractivity contribution in [1.29, 1.82) is 0 Å². The Morgan fingerprint density at radius 2 is 1.86 bits per heavy atom. The standard InChI is InChI=1S/C29H27NO5/c1-17-8-6-11-22(18(17)2)30-26(21-10-4-5-12-24(21)34-3)25(28(32)29(30)33)27(31)20-13-14-23-19(16-20)9-7-15-35-23/h4-6,8,10-14,16,26,31H,7,9,15H2,1-3H3/b27-25+. The lowest BCUT2D eigenvalue weighted by atomic mass is 9.93. The summed E-state index contributed by atoms with van der Waals surface area (Å²) in [6.07, 6.45) is 1.71. The van der Waals surface area contributed by atoms with Gasteiger partial charge in [-0.3, -0.25) is 14.5 Å². The molecule has 1 saturated heterocycles. The summed E-state index contributed by atoms with van der Waals surface area (Å²) in [7, 11) is 1.55. The summed E-state index contributed by atoms with van der Waals surface area (Å²) >= 11 is 0. The number of ketones is 1. The smallest absolute Gasteiger partial charge is 0.300 e. The Balaban J connectivity index is 1.75. The number of fused-ring (bicyclic) bond motifs is 1. The maximum Gasteiger partial charge on any atom is 0.300 e. The van der Waals surface area contributed by atoms with E-state index in [-0.39, 0.29) is 11.3 Å². The third kappa shape index (κ3) is 3.75. The molecule has 3 aromatic carbocycles. The van der Waals surface area contributed by atoms with Crippen molar-refractivity contribution in [2.75, 3.05) is 18.6 Å². The van der Waals surface area contributed by atoms with Crippen molar-refractivity contribution in [3.63, 3.8) is 0 Å². The molecule has 3 aromatic rings. The van der Waals surface area contributed by atoms with Crippen LogP contribution in [0.25, 0.3) is 5.76 Å². The van der Waals surface area contributed by atoms with Gasteiger partial charge in [-0.05, 0) is 73.7 Å². The van der Waals surface area contributed by atoms with E-state index in [4.69, 9.17) is 9.47 Å². The number of benzene rings is 3. The van der Waals surface area contributed by atoms with Crippen LogP contribution in [0.1, 0.15) is 40.3 Å². The van der Waals surface area contributed by atoms with Crippen LogP contribution in [0.5, 0.6) is 11.5 Å². The Morgan fingerprint density at radius 3 is 2.66 bits per heavy atom. The second-order valence-corrected chi connectivity index (χ2v) is 8.90.